The normalized spacial score (nSPS) is 19.8. The summed E-state index contributed by atoms with van der Waals surface area (Å²) in [6.45, 7) is 1.79. The second-order valence-electron chi connectivity index (χ2n) is 3.88. The molecule has 88 valence electrons. The van der Waals surface area contributed by atoms with Crippen LogP contribution in [-0.2, 0) is 0 Å². The highest BCUT2D eigenvalue weighted by atomic mass is 79.9. The Morgan fingerprint density at radius 1 is 1.50 bits per heavy atom. The van der Waals surface area contributed by atoms with Crippen LogP contribution in [0, 0.1) is 0 Å². The summed E-state index contributed by atoms with van der Waals surface area (Å²) >= 11 is 3.47. The van der Waals surface area contributed by atoms with Crippen LogP contribution < -0.4 is 14.8 Å². The summed E-state index contributed by atoms with van der Waals surface area (Å²) < 4.78 is 12.0. The summed E-state index contributed by atoms with van der Waals surface area (Å²) in [7, 11) is 1.66. The van der Waals surface area contributed by atoms with E-state index in [9.17, 15) is 0 Å². The number of benzene rings is 1. The van der Waals surface area contributed by atoms with Crippen molar-refractivity contribution >= 4 is 15.9 Å². The Bertz CT molecular complexity index is 351. The molecule has 0 saturated carbocycles. The number of halogens is 1. The van der Waals surface area contributed by atoms with Gasteiger partial charge in [-0.3, -0.25) is 0 Å². The molecular weight excluding hydrogens is 270 g/mol. The van der Waals surface area contributed by atoms with Crippen molar-refractivity contribution in [3.8, 4) is 11.5 Å². The maximum absolute atomic E-state index is 5.81. The Hall–Kier alpha value is -0.740. The molecule has 1 aliphatic heterocycles. The Labute approximate surface area is 104 Å². The van der Waals surface area contributed by atoms with E-state index in [1.807, 2.05) is 18.2 Å². The molecule has 1 heterocycles. The van der Waals surface area contributed by atoms with Gasteiger partial charge in [-0.25, -0.2) is 0 Å². The summed E-state index contributed by atoms with van der Waals surface area (Å²) in [5.41, 5.74) is 0. The average molecular weight is 286 g/mol. The van der Waals surface area contributed by atoms with E-state index in [-0.39, 0.29) is 0 Å². The zero-order valence-electron chi connectivity index (χ0n) is 9.33. The van der Waals surface area contributed by atoms with Crippen LogP contribution in [0.1, 0.15) is 12.8 Å². The summed E-state index contributed by atoms with van der Waals surface area (Å²) in [6, 6.07) is 6.27. The van der Waals surface area contributed by atoms with Gasteiger partial charge in [-0.15, -0.1) is 0 Å². The van der Waals surface area contributed by atoms with Crippen LogP contribution in [0.25, 0.3) is 0 Å². The molecule has 1 atom stereocenters. The van der Waals surface area contributed by atoms with E-state index in [0.717, 1.165) is 22.5 Å². The monoisotopic (exact) mass is 285 g/mol. The molecule has 0 aliphatic carbocycles. The van der Waals surface area contributed by atoms with Crippen molar-refractivity contribution in [2.75, 3.05) is 20.3 Å². The predicted molar refractivity (Wildman–Crippen MR) is 67.2 cm³/mol. The van der Waals surface area contributed by atoms with Crippen molar-refractivity contribution in [1.82, 2.24) is 5.32 Å². The van der Waals surface area contributed by atoms with E-state index in [4.69, 9.17) is 9.47 Å². The van der Waals surface area contributed by atoms with Crippen LogP contribution in [0.3, 0.4) is 0 Å². The summed E-state index contributed by atoms with van der Waals surface area (Å²) in [6.07, 6.45) is 2.42. The molecule has 0 bridgehead atoms. The number of para-hydroxylation sites is 1. The summed E-state index contributed by atoms with van der Waals surface area (Å²) in [5, 5.41) is 3.40. The first-order chi connectivity index (χ1) is 7.81. The zero-order valence-corrected chi connectivity index (χ0v) is 10.9. The Balaban J connectivity index is 2.01. The van der Waals surface area contributed by atoms with Crippen molar-refractivity contribution in [2.45, 2.75) is 18.9 Å². The predicted octanol–water partition coefficient (Wildman–Crippen LogP) is 2.59. The Kier molecular flexibility index (Phi) is 4.07. The van der Waals surface area contributed by atoms with Gasteiger partial charge in [-0.05, 0) is 47.4 Å². The van der Waals surface area contributed by atoms with E-state index in [2.05, 4.69) is 21.2 Å². The number of hydrogen-bond acceptors (Lipinski definition) is 3. The van der Waals surface area contributed by atoms with Gasteiger partial charge < -0.3 is 14.8 Å². The minimum absolute atomic E-state index is 0.469. The molecule has 1 fully saturated rings. The molecule has 1 aromatic rings. The molecule has 1 aromatic carbocycles. The Morgan fingerprint density at radius 2 is 2.38 bits per heavy atom. The lowest BCUT2D eigenvalue weighted by atomic mass is 10.2. The summed E-state index contributed by atoms with van der Waals surface area (Å²) in [4.78, 5) is 0. The maximum Gasteiger partial charge on any atom is 0.175 e. The number of hydrogen-bond donors (Lipinski definition) is 1. The quantitative estimate of drug-likeness (QED) is 0.923. The van der Waals surface area contributed by atoms with Gasteiger partial charge in [0.1, 0.15) is 6.61 Å². The molecule has 0 spiro atoms. The first-order valence-electron chi connectivity index (χ1n) is 5.50. The standard InChI is InChI=1S/C12H16BrNO2/c1-15-11-6-2-5-10(13)12(11)16-8-9-4-3-7-14-9/h2,5-6,9,14H,3-4,7-8H2,1H3/t9-/m1/s1. The van der Waals surface area contributed by atoms with Gasteiger partial charge in [-0.2, -0.15) is 0 Å². The number of ether oxygens (including phenoxy) is 2. The van der Waals surface area contributed by atoms with E-state index in [1.165, 1.54) is 12.8 Å². The van der Waals surface area contributed by atoms with Crippen LogP contribution in [0.2, 0.25) is 0 Å². The van der Waals surface area contributed by atoms with Crippen molar-refractivity contribution < 1.29 is 9.47 Å². The van der Waals surface area contributed by atoms with Crippen molar-refractivity contribution in [2.24, 2.45) is 0 Å². The van der Waals surface area contributed by atoms with Gasteiger partial charge in [0.15, 0.2) is 11.5 Å². The van der Waals surface area contributed by atoms with Crippen molar-refractivity contribution in [3.05, 3.63) is 22.7 Å². The molecule has 0 aromatic heterocycles. The third-order valence-electron chi connectivity index (χ3n) is 2.74. The molecular formula is C12H16BrNO2. The van der Waals surface area contributed by atoms with E-state index in [1.54, 1.807) is 7.11 Å². The van der Waals surface area contributed by atoms with E-state index >= 15 is 0 Å². The first-order valence-corrected chi connectivity index (χ1v) is 6.29. The molecule has 4 heteroatoms. The van der Waals surface area contributed by atoms with E-state index < -0.39 is 0 Å². The van der Waals surface area contributed by atoms with Crippen LogP contribution >= 0.6 is 15.9 Å². The lowest BCUT2D eigenvalue weighted by Crippen LogP contribution is -2.28. The fourth-order valence-electron chi connectivity index (χ4n) is 1.87. The molecule has 0 unspecified atom stereocenters. The SMILES string of the molecule is COc1cccc(Br)c1OC[C@H]1CCCN1. The molecule has 0 amide bonds. The highest BCUT2D eigenvalue weighted by Crippen LogP contribution is 2.34. The largest absolute Gasteiger partial charge is 0.493 e. The van der Waals surface area contributed by atoms with Gasteiger partial charge >= 0.3 is 0 Å². The Morgan fingerprint density at radius 3 is 3.06 bits per heavy atom. The topological polar surface area (TPSA) is 30.5 Å². The fourth-order valence-corrected chi connectivity index (χ4v) is 2.34. The van der Waals surface area contributed by atoms with Crippen LogP contribution in [0.5, 0.6) is 11.5 Å². The first kappa shape index (κ1) is 11.7. The molecule has 1 aliphatic rings. The van der Waals surface area contributed by atoms with Gasteiger partial charge in [0, 0.05) is 6.04 Å². The lowest BCUT2D eigenvalue weighted by molar-refractivity contribution is 0.261. The fraction of sp³-hybridized carbons (Fsp3) is 0.500. The third kappa shape index (κ3) is 2.68. The van der Waals surface area contributed by atoms with Gasteiger partial charge in [0.2, 0.25) is 0 Å². The lowest BCUT2D eigenvalue weighted by Gasteiger charge is -2.15. The second-order valence-corrected chi connectivity index (χ2v) is 4.73. The van der Waals surface area contributed by atoms with Gasteiger partial charge in [-0.1, -0.05) is 6.07 Å². The molecule has 3 nitrogen and oxygen atoms in total. The van der Waals surface area contributed by atoms with Crippen molar-refractivity contribution in [1.29, 1.82) is 0 Å². The highest BCUT2D eigenvalue weighted by Gasteiger charge is 2.16. The maximum atomic E-state index is 5.81. The number of rotatable bonds is 4. The van der Waals surface area contributed by atoms with Gasteiger partial charge in [0.05, 0.1) is 11.6 Å². The number of methoxy groups -OCH3 is 1. The third-order valence-corrected chi connectivity index (χ3v) is 3.37. The minimum atomic E-state index is 0.469. The molecule has 2 rings (SSSR count). The number of nitrogens with one attached hydrogen (secondary N) is 1. The van der Waals surface area contributed by atoms with Gasteiger partial charge in [0.25, 0.3) is 0 Å². The minimum Gasteiger partial charge on any atom is -0.493 e. The highest BCUT2D eigenvalue weighted by molar-refractivity contribution is 9.10. The molecule has 1 N–H and O–H groups in total. The second kappa shape index (κ2) is 5.55. The molecule has 0 radical (unpaired) electrons. The molecule has 16 heavy (non-hydrogen) atoms. The van der Waals surface area contributed by atoms with Crippen molar-refractivity contribution in [3.63, 3.8) is 0 Å². The van der Waals surface area contributed by atoms with Crippen LogP contribution in [0.4, 0.5) is 0 Å². The van der Waals surface area contributed by atoms with E-state index in [0.29, 0.717) is 12.6 Å². The molecule has 1 saturated heterocycles. The zero-order chi connectivity index (χ0) is 11.4. The summed E-state index contributed by atoms with van der Waals surface area (Å²) in [5.74, 6) is 1.56. The van der Waals surface area contributed by atoms with Crippen LogP contribution in [-0.4, -0.2) is 26.3 Å². The smallest absolute Gasteiger partial charge is 0.175 e. The average Bonchev–Trinajstić information content (AvgIpc) is 2.80. The van der Waals surface area contributed by atoms with Crippen LogP contribution in [0.15, 0.2) is 22.7 Å².